The zero-order chi connectivity index (χ0) is 28.6. The van der Waals surface area contributed by atoms with Crippen LogP contribution in [0.1, 0.15) is 27.0 Å². The van der Waals surface area contributed by atoms with E-state index in [1.54, 1.807) is 23.5 Å². The lowest BCUT2D eigenvalue weighted by Crippen LogP contribution is -2.31. The summed E-state index contributed by atoms with van der Waals surface area (Å²) in [6.45, 7) is 4.30. The summed E-state index contributed by atoms with van der Waals surface area (Å²) in [5, 5.41) is 7.47. The maximum Gasteiger partial charge on any atom is 0.281 e. The van der Waals surface area contributed by atoms with Crippen LogP contribution in [-0.2, 0) is 16.4 Å². The van der Waals surface area contributed by atoms with Crippen LogP contribution in [0.15, 0.2) is 90.1 Å². The molecule has 0 spiro atoms. The van der Waals surface area contributed by atoms with Gasteiger partial charge in [0.25, 0.3) is 15.9 Å². The Morgan fingerprint density at radius 3 is 2.54 bits per heavy atom. The number of ether oxygens (including phenoxy) is 1. The topological polar surface area (TPSA) is 114 Å². The van der Waals surface area contributed by atoms with Gasteiger partial charge in [-0.15, -0.1) is 11.3 Å². The normalized spacial score (nSPS) is 11.7. The summed E-state index contributed by atoms with van der Waals surface area (Å²) >= 11 is 1.58. The predicted octanol–water partition coefficient (Wildman–Crippen LogP) is 6.20. The van der Waals surface area contributed by atoms with Crippen molar-refractivity contribution in [3.63, 3.8) is 0 Å². The highest BCUT2D eigenvalue weighted by Gasteiger charge is 2.25. The number of sulfonamides is 1. The molecular weight excluding hydrogens is 556 g/mol. The Labute approximate surface area is 241 Å². The van der Waals surface area contributed by atoms with E-state index in [0.29, 0.717) is 35.4 Å². The fraction of sp³-hybridized carbons (Fsp3) is 0.129. The molecule has 41 heavy (non-hydrogen) atoms. The Morgan fingerprint density at radius 1 is 1.00 bits per heavy atom. The number of nitrogens with one attached hydrogen (secondary N) is 2. The minimum absolute atomic E-state index is 0.156. The van der Waals surface area contributed by atoms with Gasteiger partial charge in [-0.05, 0) is 60.2 Å². The molecule has 0 radical (unpaired) electrons. The van der Waals surface area contributed by atoms with E-state index < -0.39 is 15.9 Å². The third-order valence-corrected chi connectivity index (χ3v) is 9.48. The number of fused-ring (bicyclic) bond motifs is 2. The number of thiophene rings is 1. The highest BCUT2D eigenvalue weighted by atomic mass is 32.2. The van der Waals surface area contributed by atoms with Crippen LogP contribution in [0.25, 0.3) is 31.6 Å². The molecule has 0 fully saturated rings. The van der Waals surface area contributed by atoms with E-state index in [2.05, 4.69) is 21.0 Å². The number of hydrogen-bond donors (Lipinski definition) is 2. The van der Waals surface area contributed by atoms with E-state index in [1.165, 1.54) is 12.3 Å². The molecule has 10 heteroatoms. The van der Waals surface area contributed by atoms with E-state index in [4.69, 9.17) is 9.72 Å². The van der Waals surface area contributed by atoms with E-state index >= 15 is 0 Å². The number of aromatic nitrogens is 3. The largest absolute Gasteiger partial charge is 0.493 e. The van der Waals surface area contributed by atoms with Crippen LogP contribution in [0.4, 0.5) is 0 Å². The third kappa shape index (κ3) is 5.19. The van der Waals surface area contributed by atoms with Crippen molar-refractivity contribution in [3.05, 3.63) is 107 Å². The first-order chi connectivity index (χ1) is 19.8. The highest BCUT2D eigenvalue weighted by molar-refractivity contribution is 7.90. The second kappa shape index (κ2) is 10.8. The third-order valence-electron chi connectivity index (χ3n) is 6.93. The molecule has 0 saturated carbocycles. The van der Waals surface area contributed by atoms with Crippen LogP contribution in [0.5, 0.6) is 5.75 Å². The van der Waals surface area contributed by atoms with Gasteiger partial charge in [0.15, 0.2) is 5.03 Å². The number of pyridine rings is 1. The number of benzene rings is 3. The minimum atomic E-state index is -4.19. The summed E-state index contributed by atoms with van der Waals surface area (Å²) in [6, 6.07) is 24.7. The number of aromatic amines is 1. The van der Waals surface area contributed by atoms with Crippen molar-refractivity contribution in [2.24, 2.45) is 0 Å². The first-order valence-electron chi connectivity index (χ1n) is 13.0. The number of aryl methyl sites for hydroxylation is 2. The van der Waals surface area contributed by atoms with Crippen LogP contribution >= 0.6 is 11.3 Å². The van der Waals surface area contributed by atoms with Crippen molar-refractivity contribution < 1.29 is 17.9 Å². The number of rotatable bonds is 8. The van der Waals surface area contributed by atoms with Gasteiger partial charge in [-0.2, -0.15) is 13.5 Å². The number of H-pyrrole nitrogens is 1. The Morgan fingerprint density at radius 2 is 1.78 bits per heavy atom. The van der Waals surface area contributed by atoms with Crippen LogP contribution in [0, 0.1) is 13.8 Å². The van der Waals surface area contributed by atoms with Crippen LogP contribution in [0.2, 0.25) is 0 Å². The average molecular weight is 583 g/mol. The fourth-order valence-corrected chi connectivity index (χ4v) is 6.87. The fourth-order valence-electron chi connectivity index (χ4n) is 4.83. The highest BCUT2D eigenvalue weighted by Crippen LogP contribution is 2.40. The van der Waals surface area contributed by atoms with Gasteiger partial charge in [0, 0.05) is 11.1 Å². The molecule has 0 aliphatic rings. The summed E-state index contributed by atoms with van der Waals surface area (Å²) in [5.41, 5.74) is 4.31. The van der Waals surface area contributed by atoms with Crippen molar-refractivity contribution in [2.75, 3.05) is 6.61 Å². The van der Waals surface area contributed by atoms with Crippen molar-refractivity contribution in [1.82, 2.24) is 19.9 Å². The predicted molar refractivity (Wildman–Crippen MR) is 161 cm³/mol. The van der Waals surface area contributed by atoms with Crippen molar-refractivity contribution in [2.45, 2.75) is 25.3 Å². The molecule has 0 saturated heterocycles. The molecule has 2 N–H and O–H groups in total. The lowest BCUT2D eigenvalue weighted by molar-refractivity contribution is 0.0982. The molecule has 0 aliphatic heterocycles. The first kappa shape index (κ1) is 26.7. The van der Waals surface area contributed by atoms with Crippen molar-refractivity contribution in [3.8, 4) is 16.3 Å². The first-order valence-corrected chi connectivity index (χ1v) is 15.3. The Balaban J connectivity index is 1.49. The second-order valence-corrected chi connectivity index (χ2v) is 12.4. The van der Waals surface area contributed by atoms with Crippen molar-refractivity contribution >= 4 is 48.3 Å². The number of hydrogen-bond acceptors (Lipinski definition) is 7. The van der Waals surface area contributed by atoms with Gasteiger partial charge in [-0.1, -0.05) is 54.6 Å². The van der Waals surface area contributed by atoms with Gasteiger partial charge in [0.1, 0.15) is 5.75 Å². The molecule has 3 aromatic carbocycles. The van der Waals surface area contributed by atoms with Gasteiger partial charge < -0.3 is 4.74 Å². The smallest absolute Gasteiger partial charge is 0.281 e. The second-order valence-electron chi connectivity index (χ2n) is 9.65. The van der Waals surface area contributed by atoms with Crippen LogP contribution in [-0.4, -0.2) is 36.1 Å². The van der Waals surface area contributed by atoms with Crippen LogP contribution < -0.4 is 9.46 Å². The van der Waals surface area contributed by atoms with Gasteiger partial charge in [-0.3, -0.25) is 9.89 Å². The lowest BCUT2D eigenvalue weighted by atomic mass is 10.0. The monoisotopic (exact) mass is 582 g/mol. The molecule has 0 unspecified atom stereocenters. The molecule has 1 amide bonds. The zero-order valence-corrected chi connectivity index (χ0v) is 24.0. The summed E-state index contributed by atoms with van der Waals surface area (Å²) in [4.78, 5) is 19.7. The maximum absolute atomic E-state index is 13.8. The summed E-state index contributed by atoms with van der Waals surface area (Å²) in [5.74, 6) is -0.330. The summed E-state index contributed by atoms with van der Waals surface area (Å²) < 4.78 is 35.4. The number of carbonyl (C=O) groups is 1. The van der Waals surface area contributed by atoms with Gasteiger partial charge in [0.05, 0.1) is 39.8 Å². The summed E-state index contributed by atoms with van der Waals surface area (Å²) in [6.07, 6.45) is 1.98. The molecule has 6 rings (SSSR count). The maximum atomic E-state index is 13.8. The Hall–Kier alpha value is -4.54. The van der Waals surface area contributed by atoms with E-state index in [0.717, 1.165) is 31.7 Å². The van der Waals surface area contributed by atoms with E-state index in [9.17, 15) is 13.2 Å². The van der Waals surface area contributed by atoms with E-state index in [1.807, 2.05) is 68.4 Å². The Kier molecular flexibility index (Phi) is 7.02. The Bertz CT molecular complexity index is 2000. The lowest BCUT2D eigenvalue weighted by Gasteiger charge is -2.16. The molecule has 0 aliphatic carbocycles. The number of nitrogens with zero attached hydrogens (tertiary/aromatic N) is 2. The van der Waals surface area contributed by atoms with Crippen molar-refractivity contribution in [1.29, 1.82) is 0 Å². The molecular formula is C31H26N4O4S2. The molecule has 0 bridgehead atoms. The average Bonchev–Trinajstić information content (AvgIpc) is 3.64. The molecule has 206 valence electrons. The molecule has 8 nitrogen and oxygen atoms in total. The number of amides is 1. The zero-order valence-electron chi connectivity index (χ0n) is 22.3. The van der Waals surface area contributed by atoms with Crippen LogP contribution in [0.3, 0.4) is 0 Å². The molecule has 3 heterocycles. The summed E-state index contributed by atoms with van der Waals surface area (Å²) in [7, 11) is -4.19. The molecule has 6 aromatic rings. The standard InChI is InChI=1S/C31H26N4O4S2/c1-19-12-13-25(39-17-15-21-8-4-3-5-9-21)28-23(31(36)35-41(37,38)27-14-16-32-34-27)18-24(33-29(19)28)30-20(2)22-10-6-7-11-26(22)40-30/h3-14,16,18H,15,17H2,1-2H3,(H,32,34)(H,35,36). The van der Waals surface area contributed by atoms with Gasteiger partial charge in [-0.25, -0.2) is 9.71 Å². The number of carbonyl (C=O) groups excluding carboxylic acids is 1. The molecule has 0 atom stereocenters. The SMILES string of the molecule is Cc1c(-c2cc(C(=O)NS(=O)(=O)c3ccn[nH]3)c3c(OCCc4ccccc4)ccc(C)c3n2)sc2ccccc12. The minimum Gasteiger partial charge on any atom is -0.493 e. The van der Waals surface area contributed by atoms with Gasteiger partial charge in [0.2, 0.25) is 0 Å². The van der Waals surface area contributed by atoms with E-state index in [-0.39, 0.29) is 10.6 Å². The quantitative estimate of drug-likeness (QED) is 0.221. The van der Waals surface area contributed by atoms with Gasteiger partial charge >= 0.3 is 0 Å². The molecule has 3 aromatic heterocycles.